The lowest BCUT2D eigenvalue weighted by molar-refractivity contribution is -0.121. The monoisotopic (exact) mass is 421 g/mol. The number of allylic oxidation sites excluding steroid dienone is 1. The fraction of sp³-hybridized carbons (Fsp3) is 0.261. The van der Waals surface area contributed by atoms with Gasteiger partial charge in [-0.2, -0.15) is 5.26 Å². The summed E-state index contributed by atoms with van der Waals surface area (Å²) >= 11 is 1.12. The second-order valence-corrected chi connectivity index (χ2v) is 8.40. The van der Waals surface area contributed by atoms with Crippen molar-refractivity contribution in [3.05, 3.63) is 76.1 Å². The van der Waals surface area contributed by atoms with Crippen molar-refractivity contribution >= 4 is 29.3 Å². The lowest BCUT2D eigenvalue weighted by Crippen LogP contribution is -2.37. The molecule has 30 heavy (non-hydrogen) atoms. The minimum atomic E-state index is -0.658. The summed E-state index contributed by atoms with van der Waals surface area (Å²) in [5.74, 6) is -1.42. The molecule has 0 saturated heterocycles. The minimum Gasteiger partial charge on any atom is -0.320 e. The van der Waals surface area contributed by atoms with Gasteiger partial charge < -0.3 is 10.2 Å². The Morgan fingerprint density at radius 2 is 1.97 bits per heavy atom. The fourth-order valence-corrected chi connectivity index (χ4v) is 5.04. The highest BCUT2D eigenvalue weighted by atomic mass is 32.2. The topological polar surface area (TPSA) is 73.2 Å². The van der Waals surface area contributed by atoms with Gasteiger partial charge in [-0.1, -0.05) is 48.2 Å². The van der Waals surface area contributed by atoms with Gasteiger partial charge in [-0.25, -0.2) is 4.39 Å². The Bertz CT molecular complexity index is 1090. The van der Waals surface area contributed by atoms with E-state index in [0.717, 1.165) is 29.4 Å². The molecule has 0 spiro atoms. The van der Waals surface area contributed by atoms with Crippen molar-refractivity contribution < 1.29 is 14.0 Å². The molecule has 2 amide bonds. The summed E-state index contributed by atoms with van der Waals surface area (Å²) < 4.78 is 14.3. The maximum atomic E-state index is 14.3. The SMILES string of the molecule is C[C@H]1Cc2ccccc2N1C(=O)CSC1=C(C#N)[C@H](c2ccccc2F)CC(=O)N1. The number of carbonyl (C=O) groups excluding carboxylic acids is 2. The Balaban J connectivity index is 1.57. The van der Waals surface area contributed by atoms with Crippen LogP contribution in [0.1, 0.15) is 30.4 Å². The van der Waals surface area contributed by atoms with Crippen LogP contribution < -0.4 is 10.2 Å². The Morgan fingerprint density at radius 3 is 2.73 bits per heavy atom. The number of benzene rings is 2. The largest absolute Gasteiger partial charge is 0.320 e. The molecule has 0 fully saturated rings. The van der Waals surface area contributed by atoms with E-state index >= 15 is 0 Å². The van der Waals surface area contributed by atoms with Crippen LogP contribution in [0.25, 0.3) is 0 Å². The van der Waals surface area contributed by atoms with Crippen molar-refractivity contribution in [3.63, 3.8) is 0 Å². The minimum absolute atomic E-state index is 0.00162. The summed E-state index contributed by atoms with van der Waals surface area (Å²) in [7, 11) is 0. The summed E-state index contributed by atoms with van der Waals surface area (Å²) in [5.41, 5.74) is 2.63. The molecule has 0 unspecified atom stereocenters. The standard InChI is InChI=1S/C23H20FN3O2S/c1-14-10-15-6-2-5-9-20(15)27(14)22(29)13-30-23-18(12-25)17(11-21(28)26-23)16-7-3-4-8-19(16)24/h2-9,14,17H,10-11,13H2,1H3,(H,26,28)/t14-,17-/m0/s1. The smallest absolute Gasteiger partial charge is 0.237 e. The molecule has 0 aromatic heterocycles. The molecule has 2 heterocycles. The second-order valence-electron chi connectivity index (χ2n) is 7.42. The first kappa shape index (κ1) is 20.2. The molecule has 0 aliphatic carbocycles. The van der Waals surface area contributed by atoms with Crippen LogP contribution in [-0.2, 0) is 16.0 Å². The Kier molecular flexibility index (Phi) is 5.60. The highest BCUT2D eigenvalue weighted by Gasteiger charge is 2.33. The summed E-state index contributed by atoms with van der Waals surface area (Å²) in [4.78, 5) is 27.0. The number of nitriles is 1. The van der Waals surface area contributed by atoms with Crippen LogP contribution in [0.15, 0.2) is 59.1 Å². The molecule has 152 valence electrons. The summed E-state index contributed by atoms with van der Waals surface area (Å²) in [6, 6.07) is 16.1. The molecule has 4 rings (SSSR count). The Hall–Kier alpha value is -3.11. The summed E-state index contributed by atoms with van der Waals surface area (Å²) in [5, 5.41) is 12.8. The zero-order chi connectivity index (χ0) is 21.3. The lowest BCUT2D eigenvalue weighted by atomic mass is 9.87. The van der Waals surface area contributed by atoms with Crippen molar-refractivity contribution in [2.45, 2.75) is 31.7 Å². The zero-order valence-corrected chi connectivity index (χ0v) is 17.2. The van der Waals surface area contributed by atoms with Gasteiger partial charge in [0.2, 0.25) is 11.8 Å². The van der Waals surface area contributed by atoms with Crippen LogP contribution >= 0.6 is 11.8 Å². The zero-order valence-electron chi connectivity index (χ0n) is 16.4. The average Bonchev–Trinajstić information content (AvgIpc) is 3.07. The van der Waals surface area contributed by atoms with Gasteiger partial charge in [0.15, 0.2) is 0 Å². The van der Waals surface area contributed by atoms with Gasteiger partial charge in [-0.15, -0.1) is 0 Å². The van der Waals surface area contributed by atoms with E-state index in [-0.39, 0.29) is 35.6 Å². The van der Waals surface area contributed by atoms with Gasteiger partial charge in [0.25, 0.3) is 0 Å². The van der Waals surface area contributed by atoms with Crippen molar-refractivity contribution in [2.75, 3.05) is 10.7 Å². The molecular formula is C23H20FN3O2S. The molecular weight excluding hydrogens is 401 g/mol. The van der Waals surface area contributed by atoms with Gasteiger partial charge >= 0.3 is 0 Å². The molecule has 2 aromatic rings. The predicted molar refractivity (Wildman–Crippen MR) is 114 cm³/mol. The number of thioether (sulfide) groups is 1. The van der Waals surface area contributed by atoms with E-state index in [1.54, 1.807) is 23.1 Å². The number of anilines is 1. The van der Waals surface area contributed by atoms with Gasteiger partial charge in [0.05, 0.1) is 22.4 Å². The van der Waals surface area contributed by atoms with Crippen LogP contribution in [0.5, 0.6) is 0 Å². The van der Waals surface area contributed by atoms with E-state index in [9.17, 15) is 19.2 Å². The molecule has 2 atom stereocenters. The molecule has 1 N–H and O–H groups in total. The van der Waals surface area contributed by atoms with Crippen LogP contribution in [-0.4, -0.2) is 23.6 Å². The van der Waals surface area contributed by atoms with Gasteiger partial charge in [-0.05, 0) is 36.6 Å². The number of amides is 2. The van der Waals surface area contributed by atoms with E-state index in [0.29, 0.717) is 10.6 Å². The number of para-hydroxylation sites is 1. The Morgan fingerprint density at radius 1 is 1.23 bits per heavy atom. The number of nitrogens with zero attached hydrogens (tertiary/aromatic N) is 2. The first-order chi connectivity index (χ1) is 14.5. The highest BCUT2D eigenvalue weighted by Crippen LogP contribution is 2.38. The van der Waals surface area contributed by atoms with Gasteiger partial charge in [0, 0.05) is 24.1 Å². The third-order valence-corrected chi connectivity index (χ3v) is 6.45. The Labute approximate surface area is 178 Å². The predicted octanol–water partition coefficient (Wildman–Crippen LogP) is 3.88. The molecule has 2 aromatic carbocycles. The third kappa shape index (κ3) is 3.71. The van der Waals surface area contributed by atoms with E-state index in [2.05, 4.69) is 11.4 Å². The number of hydrogen-bond acceptors (Lipinski definition) is 4. The summed E-state index contributed by atoms with van der Waals surface area (Å²) in [6.45, 7) is 2.00. The van der Waals surface area contributed by atoms with Crippen molar-refractivity contribution in [1.82, 2.24) is 5.32 Å². The number of halogens is 1. The molecule has 0 saturated carbocycles. The molecule has 7 heteroatoms. The first-order valence-electron chi connectivity index (χ1n) is 9.71. The van der Waals surface area contributed by atoms with E-state index in [1.807, 2.05) is 31.2 Å². The number of hydrogen-bond donors (Lipinski definition) is 1. The van der Waals surface area contributed by atoms with Gasteiger partial charge in [0.1, 0.15) is 5.82 Å². The maximum Gasteiger partial charge on any atom is 0.237 e. The summed E-state index contributed by atoms with van der Waals surface area (Å²) in [6.07, 6.45) is 0.795. The maximum absolute atomic E-state index is 14.3. The quantitative estimate of drug-likeness (QED) is 0.813. The number of carbonyl (C=O) groups is 2. The van der Waals surface area contributed by atoms with Gasteiger partial charge in [-0.3, -0.25) is 9.59 Å². The van der Waals surface area contributed by atoms with Crippen LogP contribution in [0.4, 0.5) is 10.1 Å². The number of nitrogens with one attached hydrogen (secondary N) is 1. The third-order valence-electron chi connectivity index (χ3n) is 5.45. The first-order valence-corrected chi connectivity index (χ1v) is 10.7. The van der Waals surface area contributed by atoms with Crippen LogP contribution in [0.2, 0.25) is 0 Å². The molecule has 5 nitrogen and oxygen atoms in total. The van der Waals surface area contributed by atoms with Crippen LogP contribution in [0.3, 0.4) is 0 Å². The van der Waals surface area contributed by atoms with Crippen molar-refractivity contribution in [3.8, 4) is 6.07 Å². The van der Waals surface area contributed by atoms with Crippen molar-refractivity contribution in [2.24, 2.45) is 0 Å². The van der Waals surface area contributed by atoms with E-state index in [4.69, 9.17) is 0 Å². The van der Waals surface area contributed by atoms with Crippen LogP contribution in [0, 0.1) is 17.1 Å². The number of fused-ring (bicyclic) bond motifs is 1. The lowest BCUT2D eigenvalue weighted by Gasteiger charge is -2.26. The average molecular weight is 421 g/mol. The molecule has 2 aliphatic rings. The highest BCUT2D eigenvalue weighted by molar-refractivity contribution is 8.03. The molecule has 0 radical (unpaired) electrons. The fourth-order valence-electron chi connectivity index (χ4n) is 4.11. The number of rotatable bonds is 4. The van der Waals surface area contributed by atoms with E-state index < -0.39 is 11.7 Å². The van der Waals surface area contributed by atoms with E-state index in [1.165, 1.54) is 6.07 Å². The second kappa shape index (κ2) is 8.33. The molecule has 2 aliphatic heterocycles. The van der Waals surface area contributed by atoms with Crippen molar-refractivity contribution in [1.29, 1.82) is 5.26 Å². The molecule has 0 bridgehead atoms. The normalized spacial score (nSPS) is 20.6.